The predicted molar refractivity (Wildman–Crippen MR) is 106 cm³/mol. The number of carbonyl (C=O) groups excluding carboxylic acids is 1. The first-order valence-electron chi connectivity index (χ1n) is 8.19. The third-order valence-electron chi connectivity index (χ3n) is 3.26. The molecule has 0 saturated heterocycles. The summed E-state index contributed by atoms with van der Waals surface area (Å²) in [4.78, 5) is 18.1. The minimum absolute atomic E-state index is 0. The molecule has 0 radical (unpaired) electrons. The minimum atomic E-state index is -0.460. The number of guanidine groups is 1. The molecule has 0 aromatic rings. The molecule has 1 fully saturated rings. The largest absolute Gasteiger partial charge is 0.444 e. The summed E-state index contributed by atoms with van der Waals surface area (Å²) < 4.78 is 5.45. The van der Waals surface area contributed by atoms with Gasteiger partial charge in [0.05, 0.1) is 0 Å². The van der Waals surface area contributed by atoms with Gasteiger partial charge in [0.15, 0.2) is 5.96 Å². The average molecular weight is 440 g/mol. The van der Waals surface area contributed by atoms with E-state index >= 15 is 0 Å². The van der Waals surface area contributed by atoms with Crippen LogP contribution in [-0.2, 0) is 4.74 Å². The summed E-state index contributed by atoms with van der Waals surface area (Å²) in [7, 11) is 1.78. The molecule has 0 aromatic carbocycles. The lowest BCUT2D eigenvalue weighted by atomic mass is 10.2. The molecule has 0 aromatic heterocycles. The number of halogens is 1. The molecule has 0 unspecified atom stereocenters. The van der Waals surface area contributed by atoms with Gasteiger partial charge in [-0.2, -0.15) is 0 Å². The molecule has 1 aliphatic rings. The molecule has 0 atom stereocenters. The molecule has 23 heavy (non-hydrogen) atoms. The van der Waals surface area contributed by atoms with Crippen LogP contribution in [0.3, 0.4) is 0 Å². The van der Waals surface area contributed by atoms with Gasteiger partial charge in [-0.1, -0.05) is 0 Å². The number of carbonyl (C=O) groups is 1. The van der Waals surface area contributed by atoms with E-state index < -0.39 is 5.60 Å². The van der Waals surface area contributed by atoms with E-state index in [1.54, 1.807) is 11.9 Å². The third-order valence-corrected chi connectivity index (χ3v) is 3.26. The summed E-state index contributed by atoms with van der Waals surface area (Å²) in [6.07, 6.45) is 3.05. The maximum atomic E-state index is 12.2. The number of amides is 1. The van der Waals surface area contributed by atoms with Crippen molar-refractivity contribution in [3.63, 3.8) is 0 Å². The van der Waals surface area contributed by atoms with Crippen molar-refractivity contribution in [3.05, 3.63) is 0 Å². The van der Waals surface area contributed by atoms with Gasteiger partial charge < -0.3 is 20.3 Å². The van der Waals surface area contributed by atoms with Crippen LogP contribution in [-0.4, -0.2) is 54.8 Å². The van der Waals surface area contributed by atoms with E-state index in [1.165, 1.54) is 12.8 Å². The van der Waals surface area contributed by atoms with Crippen molar-refractivity contribution in [1.82, 2.24) is 15.5 Å². The lowest BCUT2D eigenvalue weighted by Gasteiger charge is -2.30. The van der Waals surface area contributed by atoms with E-state index in [-0.39, 0.29) is 36.1 Å². The highest BCUT2D eigenvalue weighted by molar-refractivity contribution is 14.0. The number of nitrogens with one attached hydrogen (secondary N) is 2. The number of nitrogens with zero attached hydrogens (tertiary/aromatic N) is 2. The Morgan fingerprint density at radius 1 is 1.35 bits per heavy atom. The van der Waals surface area contributed by atoms with E-state index in [4.69, 9.17) is 4.74 Å². The van der Waals surface area contributed by atoms with Crippen molar-refractivity contribution in [1.29, 1.82) is 0 Å². The summed E-state index contributed by atoms with van der Waals surface area (Å²) in [5.41, 5.74) is -0.460. The molecule has 2 N–H and O–H groups in total. The number of aliphatic imine (C=N–C) groups is 1. The number of hydrogen-bond donors (Lipinski definition) is 2. The van der Waals surface area contributed by atoms with E-state index in [9.17, 15) is 4.79 Å². The Kier molecular flexibility index (Phi) is 9.88. The minimum Gasteiger partial charge on any atom is -0.444 e. The lowest BCUT2D eigenvalue weighted by Crippen LogP contribution is -2.43. The van der Waals surface area contributed by atoms with Gasteiger partial charge in [0.25, 0.3) is 0 Å². The summed E-state index contributed by atoms with van der Waals surface area (Å²) in [6, 6.07) is 0.707. The fourth-order valence-electron chi connectivity index (χ4n) is 1.95. The highest BCUT2D eigenvalue weighted by atomic mass is 127. The Bertz CT molecular complexity index is 390. The molecule has 0 heterocycles. The normalized spacial score (nSPS) is 15.0. The standard InChI is InChI=1S/C16H32N4O2.HI/c1-12(2)20(15(21)22-16(3,4)5)11-7-10-18-14(17-6)19-13-8-9-13;/h12-13H,7-11H2,1-6H3,(H2,17,18,19);1H. The van der Waals surface area contributed by atoms with Crippen LogP contribution < -0.4 is 10.6 Å². The SMILES string of the molecule is CN=C(NCCCN(C(=O)OC(C)(C)C)C(C)C)NC1CC1.I. The Hall–Kier alpha value is -0.730. The Morgan fingerprint density at radius 2 is 1.96 bits per heavy atom. The molecule has 0 spiro atoms. The zero-order chi connectivity index (χ0) is 16.8. The average Bonchev–Trinajstić information content (AvgIpc) is 3.18. The van der Waals surface area contributed by atoms with Crippen LogP contribution in [0.25, 0.3) is 0 Å². The molecule has 1 amide bonds. The van der Waals surface area contributed by atoms with Crippen molar-refractivity contribution in [2.75, 3.05) is 20.1 Å². The van der Waals surface area contributed by atoms with Crippen molar-refractivity contribution in [3.8, 4) is 0 Å². The fraction of sp³-hybridized carbons (Fsp3) is 0.875. The molecule has 1 aliphatic carbocycles. The van der Waals surface area contributed by atoms with Gasteiger partial charge in [-0.05, 0) is 53.9 Å². The fourth-order valence-corrected chi connectivity index (χ4v) is 1.95. The zero-order valence-electron chi connectivity index (χ0n) is 15.3. The third kappa shape index (κ3) is 9.88. The first-order chi connectivity index (χ1) is 10.2. The predicted octanol–water partition coefficient (Wildman–Crippen LogP) is 2.97. The number of rotatable bonds is 6. The smallest absolute Gasteiger partial charge is 0.410 e. The molecule has 7 heteroatoms. The molecule has 0 bridgehead atoms. The van der Waals surface area contributed by atoms with Gasteiger partial charge in [0, 0.05) is 32.2 Å². The first kappa shape index (κ1) is 22.3. The van der Waals surface area contributed by atoms with Crippen molar-refractivity contribution < 1.29 is 9.53 Å². The second kappa shape index (κ2) is 10.2. The highest BCUT2D eigenvalue weighted by Crippen LogP contribution is 2.18. The number of ether oxygens (including phenoxy) is 1. The molecular weight excluding hydrogens is 407 g/mol. The van der Waals surface area contributed by atoms with Gasteiger partial charge >= 0.3 is 6.09 Å². The second-order valence-electron chi connectivity index (χ2n) is 7.04. The Balaban J connectivity index is 0.00000484. The highest BCUT2D eigenvalue weighted by Gasteiger charge is 2.24. The monoisotopic (exact) mass is 440 g/mol. The van der Waals surface area contributed by atoms with Crippen molar-refractivity contribution in [2.45, 2.75) is 71.6 Å². The molecular formula is C16H33IN4O2. The van der Waals surface area contributed by atoms with Gasteiger partial charge in [-0.3, -0.25) is 4.99 Å². The first-order valence-corrected chi connectivity index (χ1v) is 8.19. The molecule has 136 valence electrons. The van der Waals surface area contributed by atoms with Crippen LogP contribution in [0.15, 0.2) is 4.99 Å². The quantitative estimate of drug-likeness (QED) is 0.289. The van der Waals surface area contributed by atoms with Gasteiger partial charge in [0.2, 0.25) is 0 Å². The van der Waals surface area contributed by atoms with Crippen LogP contribution >= 0.6 is 24.0 Å². The maximum absolute atomic E-state index is 12.2. The summed E-state index contributed by atoms with van der Waals surface area (Å²) in [5, 5.41) is 6.62. The summed E-state index contributed by atoms with van der Waals surface area (Å²) in [5.74, 6) is 0.843. The van der Waals surface area contributed by atoms with Crippen molar-refractivity contribution >= 4 is 36.0 Å². The summed E-state index contributed by atoms with van der Waals surface area (Å²) >= 11 is 0. The van der Waals surface area contributed by atoms with E-state index in [0.29, 0.717) is 12.6 Å². The van der Waals surface area contributed by atoms with Crippen LogP contribution in [0.4, 0.5) is 4.79 Å². The van der Waals surface area contributed by atoms with Gasteiger partial charge in [0.1, 0.15) is 5.60 Å². The number of hydrogen-bond acceptors (Lipinski definition) is 3. The molecule has 1 saturated carbocycles. The lowest BCUT2D eigenvalue weighted by molar-refractivity contribution is 0.0190. The van der Waals surface area contributed by atoms with Crippen LogP contribution in [0.1, 0.15) is 53.9 Å². The van der Waals surface area contributed by atoms with Crippen LogP contribution in [0.2, 0.25) is 0 Å². The topological polar surface area (TPSA) is 66.0 Å². The van der Waals surface area contributed by atoms with Gasteiger partial charge in [-0.25, -0.2) is 4.79 Å². The second-order valence-corrected chi connectivity index (χ2v) is 7.04. The Labute approximate surface area is 157 Å². The van der Waals surface area contributed by atoms with Crippen LogP contribution in [0, 0.1) is 0 Å². The van der Waals surface area contributed by atoms with E-state index in [1.807, 2.05) is 34.6 Å². The Morgan fingerprint density at radius 3 is 2.39 bits per heavy atom. The van der Waals surface area contributed by atoms with Gasteiger partial charge in [-0.15, -0.1) is 24.0 Å². The molecule has 6 nitrogen and oxygen atoms in total. The molecule has 1 rings (SSSR count). The van der Waals surface area contributed by atoms with Crippen LogP contribution in [0.5, 0.6) is 0 Å². The zero-order valence-corrected chi connectivity index (χ0v) is 17.6. The van der Waals surface area contributed by atoms with E-state index in [2.05, 4.69) is 15.6 Å². The van der Waals surface area contributed by atoms with Crippen molar-refractivity contribution in [2.24, 2.45) is 4.99 Å². The van der Waals surface area contributed by atoms with E-state index in [0.717, 1.165) is 18.9 Å². The maximum Gasteiger partial charge on any atom is 0.410 e. The molecule has 0 aliphatic heterocycles. The summed E-state index contributed by atoms with van der Waals surface area (Å²) in [6.45, 7) is 11.1.